The summed E-state index contributed by atoms with van der Waals surface area (Å²) in [5.41, 5.74) is -3.77. The van der Waals surface area contributed by atoms with Gasteiger partial charge in [-0.25, -0.2) is 0 Å². The minimum atomic E-state index is -4.29. The minimum Gasteiger partial charge on any atom is -0.495 e. The van der Waals surface area contributed by atoms with Gasteiger partial charge in [0.15, 0.2) is 0 Å². The average molecular weight is 276 g/mol. The summed E-state index contributed by atoms with van der Waals surface area (Å²) in [7, 11) is 0. The maximum atomic E-state index is 12.1. The highest BCUT2D eigenvalue weighted by atomic mass is 32.2. The second-order valence-corrected chi connectivity index (χ2v) is 4.90. The lowest BCUT2D eigenvalue weighted by Gasteiger charge is -2.13. The number of hydrogen-bond donors (Lipinski definition) is 1. The number of rotatable bonds is 3. The first-order chi connectivity index (χ1) is 8.46. The number of hydrogen-bond acceptors (Lipinski definition) is 3. The molecule has 6 heteroatoms. The number of alkyl halides is 3. The summed E-state index contributed by atoms with van der Waals surface area (Å²) in [6.45, 7) is 0.536. The molecular weight excluding hydrogens is 265 g/mol. The van der Waals surface area contributed by atoms with Crippen LogP contribution in [0, 0.1) is 0 Å². The molecule has 2 nitrogen and oxygen atoms in total. The van der Waals surface area contributed by atoms with Crippen molar-refractivity contribution in [1.29, 1.82) is 0 Å². The zero-order valence-electron chi connectivity index (χ0n) is 9.28. The van der Waals surface area contributed by atoms with E-state index in [9.17, 15) is 18.3 Å². The highest BCUT2D eigenvalue weighted by molar-refractivity contribution is 8.00. The third-order valence-corrected chi connectivity index (χ3v) is 3.17. The second-order valence-electron chi connectivity index (χ2n) is 3.76. The standard InChI is InChI=1S/C12H11F3O2S/c13-12(14,15)18-9-5-3-8(4-6-9)11(16)10-2-1-7-17-10/h2-6,11,16H,1,7H2. The Hall–Kier alpha value is -1.14. The Labute approximate surface area is 106 Å². The second kappa shape index (κ2) is 5.24. The lowest BCUT2D eigenvalue weighted by atomic mass is 10.1. The summed E-state index contributed by atoms with van der Waals surface area (Å²) in [5, 5.41) is 9.92. The van der Waals surface area contributed by atoms with E-state index in [1.165, 1.54) is 24.3 Å². The first-order valence-electron chi connectivity index (χ1n) is 5.32. The third kappa shape index (κ3) is 3.43. The van der Waals surface area contributed by atoms with Gasteiger partial charge in [-0.2, -0.15) is 13.2 Å². The van der Waals surface area contributed by atoms with Crippen molar-refractivity contribution in [3.8, 4) is 0 Å². The molecule has 1 aromatic carbocycles. The number of aliphatic hydroxyl groups is 1. The molecule has 0 amide bonds. The van der Waals surface area contributed by atoms with Crippen molar-refractivity contribution in [1.82, 2.24) is 0 Å². The molecule has 0 radical (unpaired) electrons. The van der Waals surface area contributed by atoms with Crippen molar-refractivity contribution < 1.29 is 23.0 Å². The third-order valence-electron chi connectivity index (χ3n) is 2.43. The molecule has 0 spiro atoms. The van der Waals surface area contributed by atoms with Gasteiger partial charge in [-0.05, 0) is 35.5 Å². The van der Waals surface area contributed by atoms with Crippen LogP contribution in [0.15, 0.2) is 41.0 Å². The van der Waals surface area contributed by atoms with E-state index in [4.69, 9.17) is 4.74 Å². The zero-order chi connectivity index (χ0) is 13.2. The average Bonchev–Trinajstić information content (AvgIpc) is 2.80. The van der Waals surface area contributed by atoms with E-state index in [1.54, 1.807) is 6.08 Å². The van der Waals surface area contributed by atoms with Gasteiger partial charge in [0.1, 0.15) is 11.9 Å². The molecule has 1 atom stereocenters. The molecule has 0 saturated carbocycles. The summed E-state index contributed by atoms with van der Waals surface area (Å²) in [6, 6.07) is 5.63. The molecule has 1 N–H and O–H groups in total. The first kappa shape index (κ1) is 13.3. The SMILES string of the molecule is OC(C1=CCCO1)c1ccc(SC(F)(F)F)cc1. The van der Waals surface area contributed by atoms with Gasteiger partial charge in [-0.3, -0.25) is 0 Å². The van der Waals surface area contributed by atoms with Gasteiger partial charge in [0.2, 0.25) is 0 Å². The van der Waals surface area contributed by atoms with E-state index in [0.717, 1.165) is 6.42 Å². The van der Waals surface area contributed by atoms with Crippen molar-refractivity contribution in [2.45, 2.75) is 22.9 Å². The highest BCUT2D eigenvalue weighted by Gasteiger charge is 2.29. The molecule has 2 rings (SSSR count). The molecule has 0 aliphatic carbocycles. The molecule has 0 aromatic heterocycles. The van der Waals surface area contributed by atoms with E-state index in [1.807, 2.05) is 0 Å². The molecule has 0 saturated heterocycles. The van der Waals surface area contributed by atoms with Crippen LogP contribution in [0.1, 0.15) is 18.1 Å². The number of benzene rings is 1. The Balaban J connectivity index is 2.07. The van der Waals surface area contributed by atoms with Crippen LogP contribution in [-0.2, 0) is 4.74 Å². The van der Waals surface area contributed by atoms with Gasteiger partial charge in [-0.1, -0.05) is 12.1 Å². The van der Waals surface area contributed by atoms with Gasteiger partial charge in [0.05, 0.1) is 6.61 Å². The summed E-state index contributed by atoms with van der Waals surface area (Å²) in [6.07, 6.45) is 1.62. The van der Waals surface area contributed by atoms with Crippen LogP contribution in [0.25, 0.3) is 0 Å². The summed E-state index contributed by atoms with van der Waals surface area (Å²) >= 11 is -0.174. The van der Waals surface area contributed by atoms with Crippen LogP contribution in [0.5, 0.6) is 0 Å². The fourth-order valence-electron chi connectivity index (χ4n) is 1.64. The zero-order valence-corrected chi connectivity index (χ0v) is 10.1. The fraction of sp³-hybridized carbons (Fsp3) is 0.333. The Morgan fingerprint density at radius 1 is 1.22 bits per heavy atom. The molecule has 1 heterocycles. The monoisotopic (exact) mass is 276 g/mol. The Bertz CT molecular complexity index is 440. The molecule has 18 heavy (non-hydrogen) atoms. The molecular formula is C12H11F3O2S. The topological polar surface area (TPSA) is 29.5 Å². The molecule has 98 valence electrons. The van der Waals surface area contributed by atoms with E-state index in [0.29, 0.717) is 17.9 Å². The van der Waals surface area contributed by atoms with E-state index in [-0.39, 0.29) is 16.7 Å². The van der Waals surface area contributed by atoms with Gasteiger partial charge in [0.25, 0.3) is 0 Å². The maximum Gasteiger partial charge on any atom is 0.446 e. The van der Waals surface area contributed by atoms with Crippen molar-refractivity contribution in [2.75, 3.05) is 6.61 Å². The largest absolute Gasteiger partial charge is 0.495 e. The summed E-state index contributed by atoms with van der Waals surface area (Å²) in [4.78, 5) is 0.0970. The Morgan fingerprint density at radius 3 is 2.39 bits per heavy atom. The maximum absolute atomic E-state index is 12.1. The lowest BCUT2D eigenvalue weighted by Crippen LogP contribution is -2.02. The normalized spacial score (nSPS) is 17.2. The van der Waals surface area contributed by atoms with Gasteiger partial charge in [-0.15, -0.1) is 0 Å². The molecule has 1 aliphatic rings. The van der Waals surface area contributed by atoms with Crippen molar-refractivity contribution in [3.63, 3.8) is 0 Å². The first-order valence-corrected chi connectivity index (χ1v) is 6.14. The predicted octanol–water partition coefficient (Wildman–Crippen LogP) is 3.64. The fourth-order valence-corrected chi connectivity index (χ4v) is 2.18. The number of thioether (sulfide) groups is 1. The minimum absolute atomic E-state index is 0.0970. The molecule has 1 aromatic rings. The molecule has 1 aliphatic heterocycles. The van der Waals surface area contributed by atoms with Gasteiger partial charge in [0, 0.05) is 11.3 Å². The Morgan fingerprint density at radius 2 is 1.89 bits per heavy atom. The van der Waals surface area contributed by atoms with Gasteiger partial charge >= 0.3 is 5.51 Å². The molecule has 1 unspecified atom stereocenters. The smallest absolute Gasteiger partial charge is 0.446 e. The number of ether oxygens (including phenoxy) is 1. The van der Waals surface area contributed by atoms with Crippen molar-refractivity contribution in [3.05, 3.63) is 41.7 Å². The summed E-state index contributed by atoms with van der Waals surface area (Å²) in [5.74, 6) is 0.464. The van der Waals surface area contributed by atoms with Crippen LogP contribution in [0.3, 0.4) is 0 Å². The van der Waals surface area contributed by atoms with Crippen LogP contribution >= 0.6 is 11.8 Å². The van der Waals surface area contributed by atoms with Crippen LogP contribution in [0.4, 0.5) is 13.2 Å². The van der Waals surface area contributed by atoms with Crippen molar-refractivity contribution in [2.24, 2.45) is 0 Å². The van der Waals surface area contributed by atoms with Crippen LogP contribution in [-0.4, -0.2) is 17.2 Å². The highest BCUT2D eigenvalue weighted by Crippen LogP contribution is 2.37. The van der Waals surface area contributed by atoms with Crippen molar-refractivity contribution >= 4 is 11.8 Å². The lowest BCUT2D eigenvalue weighted by molar-refractivity contribution is -0.0328. The molecule has 0 fully saturated rings. The quantitative estimate of drug-likeness (QED) is 0.855. The van der Waals surface area contributed by atoms with Gasteiger partial charge < -0.3 is 9.84 Å². The predicted molar refractivity (Wildman–Crippen MR) is 62.0 cm³/mol. The molecule has 0 bridgehead atoms. The summed E-state index contributed by atoms with van der Waals surface area (Å²) < 4.78 is 41.6. The van der Waals surface area contributed by atoms with E-state index < -0.39 is 11.6 Å². The van der Waals surface area contributed by atoms with Crippen LogP contribution in [0.2, 0.25) is 0 Å². The van der Waals surface area contributed by atoms with E-state index >= 15 is 0 Å². The van der Waals surface area contributed by atoms with Crippen LogP contribution < -0.4 is 0 Å². The number of halogens is 3. The van der Waals surface area contributed by atoms with E-state index in [2.05, 4.69) is 0 Å². The Kier molecular flexibility index (Phi) is 3.87. The number of aliphatic hydroxyl groups excluding tert-OH is 1.